The molecule has 0 aliphatic rings. The van der Waals surface area contributed by atoms with Crippen molar-refractivity contribution in [1.82, 2.24) is 0 Å². The fourth-order valence-electron chi connectivity index (χ4n) is 4.23. The van der Waals surface area contributed by atoms with Crippen molar-refractivity contribution in [2.24, 2.45) is 0 Å². The molecule has 0 aromatic rings. The molecule has 0 amide bonds. The number of quaternary nitrogens is 1. The van der Waals surface area contributed by atoms with Crippen LogP contribution in [0.3, 0.4) is 0 Å². The Labute approximate surface area is 246 Å². The minimum Gasteiger partial charge on any atom is -0.394 e. The first kappa shape index (κ1) is 39.9. The van der Waals surface area contributed by atoms with Crippen molar-refractivity contribution in [1.29, 1.82) is 0 Å². The van der Waals surface area contributed by atoms with Gasteiger partial charge in [0.05, 0.1) is 47.1 Å². The molecule has 40 heavy (non-hydrogen) atoms. The van der Waals surface area contributed by atoms with Crippen LogP contribution in [0.15, 0.2) is 0 Å². The topological polar surface area (TPSA) is 115 Å². The number of phosphoric acid groups is 1. The Bertz CT molecular complexity index is 591. The van der Waals surface area contributed by atoms with Gasteiger partial charge in [-0.3, -0.25) is 9.05 Å². The van der Waals surface area contributed by atoms with E-state index in [4.69, 9.17) is 23.6 Å². The van der Waals surface area contributed by atoms with Crippen molar-refractivity contribution in [2.45, 2.75) is 128 Å². The Balaban J connectivity index is 4.06. The molecule has 1 unspecified atom stereocenters. The summed E-state index contributed by atoms with van der Waals surface area (Å²) in [7, 11) is 1.76. The molecule has 0 aromatic carbocycles. The minimum absolute atomic E-state index is 0.101. The zero-order chi connectivity index (χ0) is 30.0. The maximum absolute atomic E-state index is 12.3. The minimum atomic E-state index is -4.18. The standard InChI is InChI=1S/C30H64NO8P/c1-5-6-7-8-9-10-11-12-13-14-15-16-17-19-23-36-27-30(37-24-20-18-21-29(33)26-32)28-39-40(34,35)38-25-22-31(2,3)4/h29-30,32-33H,5-28H2,1-4H3/p+1/t29-,30-/m1/s1. The fraction of sp³-hybridized carbons (Fsp3) is 1.00. The first-order valence-corrected chi connectivity index (χ1v) is 17.5. The monoisotopic (exact) mass is 598 g/mol. The van der Waals surface area contributed by atoms with Gasteiger partial charge < -0.3 is 29.1 Å². The van der Waals surface area contributed by atoms with Crippen LogP contribution in [0.5, 0.6) is 0 Å². The number of hydrogen-bond donors (Lipinski definition) is 3. The first-order valence-electron chi connectivity index (χ1n) is 16.0. The zero-order valence-corrected chi connectivity index (χ0v) is 27.3. The van der Waals surface area contributed by atoms with E-state index in [2.05, 4.69) is 6.92 Å². The number of ether oxygens (including phenoxy) is 2. The van der Waals surface area contributed by atoms with Crippen LogP contribution in [0.25, 0.3) is 0 Å². The van der Waals surface area contributed by atoms with Gasteiger partial charge in [-0.2, -0.15) is 0 Å². The van der Waals surface area contributed by atoms with E-state index in [1.165, 1.54) is 77.0 Å². The number of phosphoric ester groups is 1. The molecule has 9 nitrogen and oxygen atoms in total. The summed E-state index contributed by atoms with van der Waals surface area (Å²) in [6.45, 7) is 3.92. The molecule has 0 radical (unpaired) electrons. The smallest absolute Gasteiger partial charge is 0.394 e. The molecule has 0 saturated heterocycles. The van der Waals surface area contributed by atoms with Crippen molar-refractivity contribution >= 4 is 7.82 Å². The van der Waals surface area contributed by atoms with Crippen molar-refractivity contribution in [3.8, 4) is 0 Å². The van der Waals surface area contributed by atoms with Gasteiger partial charge in [-0.05, 0) is 25.7 Å². The summed E-state index contributed by atoms with van der Waals surface area (Å²) in [5.74, 6) is 0. The lowest BCUT2D eigenvalue weighted by atomic mass is 10.0. The number of rotatable bonds is 31. The van der Waals surface area contributed by atoms with Gasteiger partial charge in [0.25, 0.3) is 0 Å². The van der Waals surface area contributed by atoms with Gasteiger partial charge in [-0.25, -0.2) is 4.57 Å². The number of likely N-dealkylation sites (N-methyl/N-ethyl adjacent to an activating group) is 1. The van der Waals surface area contributed by atoms with E-state index in [1.54, 1.807) is 0 Å². The molecule has 0 aliphatic carbocycles. The Morgan fingerprint density at radius 3 is 1.75 bits per heavy atom. The van der Waals surface area contributed by atoms with Crippen molar-refractivity contribution in [3.63, 3.8) is 0 Å². The molecule has 0 heterocycles. The molecule has 0 rings (SSSR count). The molecule has 0 aliphatic heterocycles. The highest BCUT2D eigenvalue weighted by atomic mass is 31.2. The van der Waals surface area contributed by atoms with Gasteiger partial charge in [0, 0.05) is 13.2 Å². The van der Waals surface area contributed by atoms with Crippen LogP contribution in [-0.2, 0) is 23.1 Å². The van der Waals surface area contributed by atoms with Crippen LogP contribution in [0.4, 0.5) is 0 Å². The predicted octanol–water partition coefficient (Wildman–Crippen LogP) is 6.23. The molecule has 10 heteroatoms. The molecule has 242 valence electrons. The van der Waals surface area contributed by atoms with E-state index in [-0.39, 0.29) is 26.4 Å². The summed E-state index contributed by atoms with van der Waals surface area (Å²) in [5, 5.41) is 18.4. The second-order valence-electron chi connectivity index (χ2n) is 12.1. The van der Waals surface area contributed by atoms with E-state index in [9.17, 15) is 14.6 Å². The van der Waals surface area contributed by atoms with Crippen molar-refractivity contribution in [2.75, 3.05) is 67.3 Å². The number of aliphatic hydroxyl groups excluding tert-OH is 2. The Hall–Kier alpha value is -0.0900. The van der Waals surface area contributed by atoms with Crippen molar-refractivity contribution in [3.05, 3.63) is 0 Å². The maximum atomic E-state index is 12.3. The number of nitrogens with zero attached hydrogens (tertiary/aromatic N) is 1. The molecule has 0 saturated carbocycles. The van der Waals surface area contributed by atoms with Crippen LogP contribution in [0.1, 0.15) is 116 Å². The van der Waals surface area contributed by atoms with Gasteiger partial charge in [0.2, 0.25) is 0 Å². The van der Waals surface area contributed by atoms with Gasteiger partial charge in [0.1, 0.15) is 19.3 Å². The number of aliphatic hydroxyl groups is 2. The first-order chi connectivity index (χ1) is 19.1. The highest BCUT2D eigenvalue weighted by molar-refractivity contribution is 7.47. The fourth-order valence-corrected chi connectivity index (χ4v) is 4.97. The van der Waals surface area contributed by atoms with Gasteiger partial charge in [0.15, 0.2) is 0 Å². The quantitative estimate of drug-likeness (QED) is 0.0489. The summed E-state index contributed by atoms with van der Waals surface area (Å²) >= 11 is 0. The molecule has 0 aromatic heterocycles. The molecular formula is C30H65NO8P+. The third-order valence-electron chi connectivity index (χ3n) is 6.88. The van der Waals surface area contributed by atoms with E-state index >= 15 is 0 Å². The summed E-state index contributed by atoms with van der Waals surface area (Å²) < 4.78 is 34.8. The molecule has 0 fully saturated rings. The summed E-state index contributed by atoms with van der Waals surface area (Å²) in [5.41, 5.74) is 0. The number of unbranched alkanes of at least 4 members (excludes halogenated alkanes) is 14. The van der Waals surface area contributed by atoms with E-state index < -0.39 is 20.0 Å². The van der Waals surface area contributed by atoms with Gasteiger partial charge in [-0.1, -0.05) is 90.4 Å². The predicted molar refractivity (Wildman–Crippen MR) is 162 cm³/mol. The number of hydrogen-bond acceptors (Lipinski definition) is 7. The van der Waals surface area contributed by atoms with Crippen LogP contribution >= 0.6 is 7.82 Å². The summed E-state index contributed by atoms with van der Waals surface area (Å²) in [6.07, 6.45) is 19.0. The lowest BCUT2D eigenvalue weighted by Gasteiger charge is -2.24. The Kier molecular flexibility index (Phi) is 26.5. The normalized spacial score (nSPS) is 15.3. The maximum Gasteiger partial charge on any atom is 0.472 e. The Morgan fingerprint density at radius 1 is 0.700 bits per heavy atom. The average molecular weight is 599 g/mol. The van der Waals surface area contributed by atoms with Crippen LogP contribution in [0, 0.1) is 0 Å². The van der Waals surface area contributed by atoms with E-state index in [1.807, 2.05) is 21.1 Å². The van der Waals surface area contributed by atoms with Gasteiger partial charge in [-0.15, -0.1) is 0 Å². The summed E-state index contributed by atoms with van der Waals surface area (Å²) in [4.78, 5) is 10.0. The molecule has 3 atom stereocenters. The average Bonchev–Trinajstić information content (AvgIpc) is 2.89. The van der Waals surface area contributed by atoms with Gasteiger partial charge >= 0.3 is 7.82 Å². The molecule has 0 spiro atoms. The SMILES string of the molecule is CCCCCCCCCCCCCCCCOC[C@H](COP(=O)(O)OCC[N+](C)(C)C)OCCCC[C@@H](O)CO. The van der Waals surface area contributed by atoms with Crippen molar-refractivity contribution < 1.29 is 42.7 Å². The zero-order valence-electron chi connectivity index (χ0n) is 26.4. The highest BCUT2D eigenvalue weighted by Crippen LogP contribution is 2.43. The van der Waals surface area contributed by atoms with E-state index in [0.29, 0.717) is 43.5 Å². The highest BCUT2D eigenvalue weighted by Gasteiger charge is 2.25. The van der Waals surface area contributed by atoms with E-state index in [0.717, 1.165) is 12.8 Å². The largest absolute Gasteiger partial charge is 0.472 e. The summed E-state index contributed by atoms with van der Waals surface area (Å²) in [6, 6.07) is 0. The third kappa shape index (κ3) is 29.4. The van der Waals surface area contributed by atoms with Crippen LogP contribution in [0.2, 0.25) is 0 Å². The second-order valence-corrected chi connectivity index (χ2v) is 13.6. The molecule has 3 N–H and O–H groups in total. The van der Waals surface area contributed by atoms with Crippen LogP contribution < -0.4 is 0 Å². The lowest BCUT2D eigenvalue weighted by molar-refractivity contribution is -0.870. The lowest BCUT2D eigenvalue weighted by Crippen LogP contribution is -2.37. The second kappa shape index (κ2) is 26.5. The van der Waals surface area contributed by atoms with Crippen LogP contribution in [-0.4, -0.2) is 99.1 Å². The third-order valence-corrected chi connectivity index (χ3v) is 7.87. The Morgan fingerprint density at radius 2 is 1.23 bits per heavy atom. The molecule has 0 bridgehead atoms. The molecular weight excluding hydrogens is 533 g/mol.